The summed E-state index contributed by atoms with van der Waals surface area (Å²) in [5.74, 6) is 1.50. The van der Waals surface area contributed by atoms with Crippen LogP contribution in [0.15, 0.2) is 47.4 Å². The van der Waals surface area contributed by atoms with Crippen LogP contribution in [0.3, 0.4) is 0 Å². The third-order valence-electron chi connectivity index (χ3n) is 6.24. The Kier molecular flexibility index (Phi) is 6.30. The van der Waals surface area contributed by atoms with Crippen LogP contribution in [0.5, 0.6) is 11.5 Å². The number of fused-ring (bicyclic) bond motifs is 2. The zero-order valence-corrected chi connectivity index (χ0v) is 18.7. The molecule has 2 aliphatic heterocycles. The number of hydrogen-bond acceptors (Lipinski definition) is 6. The van der Waals surface area contributed by atoms with Gasteiger partial charge in [0, 0.05) is 42.8 Å². The number of halogens is 1. The van der Waals surface area contributed by atoms with Crippen molar-refractivity contribution in [2.45, 2.75) is 32.0 Å². The summed E-state index contributed by atoms with van der Waals surface area (Å²) in [4.78, 5) is 19.3. The highest BCUT2D eigenvalue weighted by Crippen LogP contribution is 2.29. The fourth-order valence-corrected chi connectivity index (χ4v) is 4.60. The summed E-state index contributed by atoms with van der Waals surface area (Å²) < 4.78 is 13.0. The second-order valence-electron chi connectivity index (χ2n) is 8.34. The Labute approximate surface area is 191 Å². The van der Waals surface area contributed by atoms with Gasteiger partial charge in [0.15, 0.2) is 11.5 Å². The third kappa shape index (κ3) is 4.75. The van der Waals surface area contributed by atoms with E-state index < -0.39 is 0 Å². The van der Waals surface area contributed by atoms with Gasteiger partial charge in [-0.1, -0.05) is 17.7 Å². The van der Waals surface area contributed by atoms with E-state index in [9.17, 15) is 4.79 Å². The minimum atomic E-state index is 0.0169. The van der Waals surface area contributed by atoms with Crippen molar-refractivity contribution in [1.29, 1.82) is 0 Å². The molecule has 0 atom stereocenters. The molecular formula is C24H27ClN4O3. The van der Waals surface area contributed by atoms with Crippen LogP contribution >= 0.6 is 11.6 Å². The van der Waals surface area contributed by atoms with Crippen LogP contribution in [0.1, 0.15) is 18.5 Å². The minimum Gasteiger partial charge on any atom is -0.486 e. The lowest BCUT2D eigenvalue weighted by Crippen LogP contribution is -2.43. The predicted molar refractivity (Wildman–Crippen MR) is 125 cm³/mol. The Bertz CT molecular complexity index is 1160. The molecule has 5 rings (SSSR count). The summed E-state index contributed by atoms with van der Waals surface area (Å²) in [6.07, 6.45) is 3.89. The Morgan fingerprint density at radius 2 is 1.81 bits per heavy atom. The van der Waals surface area contributed by atoms with E-state index in [0.29, 0.717) is 37.4 Å². The van der Waals surface area contributed by atoms with Crippen molar-refractivity contribution in [2.75, 3.05) is 32.8 Å². The molecule has 0 spiro atoms. The van der Waals surface area contributed by atoms with Crippen molar-refractivity contribution in [3.05, 3.63) is 63.7 Å². The lowest BCUT2D eigenvalue weighted by Gasteiger charge is -2.32. The smallest absolute Gasteiger partial charge is 0.251 e. The maximum atomic E-state index is 12.4. The normalized spacial score (nSPS) is 17.0. The van der Waals surface area contributed by atoms with Gasteiger partial charge in [-0.15, -0.1) is 0 Å². The molecule has 2 aliphatic rings. The number of likely N-dealkylation sites (tertiary alicyclic amines) is 1. The molecule has 0 amide bonds. The molecule has 1 N–H and O–H groups in total. The number of pyridine rings is 2. The second-order valence-corrected chi connectivity index (χ2v) is 8.78. The molecule has 4 heterocycles. The minimum absolute atomic E-state index is 0.0169. The van der Waals surface area contributed by atoms with Gasteiger partial charge in [-0.2, -0.15) is 0 Å². The molecule has 0 unspecified atom stereocenters. The van der Waals surface area contributed by atoms with Crippen LogP contribution in [0.2, 0.25) is 5.02 Å². The standard InChI is InChI=1S/C24H27ClN4O3/c25-18-3-1-17-2-4-24(30)29(21(17)13-18)10-9-28-7-5-19(6-8-28)26-15-20-14-22-23(16-27-20)32-12-11-31-22/h1-4,13-14,16,19,26H,5-12,15H2. The van der Waals surface area contributed by atoms with Gasteiger partial charge in [0.05, 0.1) is 17.4 Å². The summed E-state index contributed by atoms with van der Waals surface area (Å²) in [5.41, 5.74) is 1.88. The van der Waals surface area contributed by atoms with Crippen molar-refractivity contribution in [3.63, 3.8) is 0 Å². The van der Waals surface area contributed by atoms with Gasteiger partial charge >= 0.3 is 0 Å². The van der Waals surface area contributed by atoms with Crippen LogP contribution in [0, 0.1) is 0 Å². The molecule has 0 saturated carbocycles. The quantitative estimate of drug-likeness (QED) is 0.617. The van der Waals surface area contributed by atoms with Crippen LogP contribution in [0.4, 0.5) is 0 Å². The largest absolute Gasteiger partial charge is 0.486 e. The SMILES string of the molecule is O=c1ccc2ccc(Cl)cc2n1CCN1CCC(NCc2cc3c(cn2)OCCO3)CC1. The van der Waals surface area contributed by atoms with Gasteiger partial charge in [0.2, 0.25) is 0 Å². The van der Waals surface area contributed by atoms with E-state index in [1.165, 1.54) is 0 Å². The molecule has 0 radical (unpaired) electrons. The average molecular weight is 455 g/mol. The number of piperidine rings is 1. The monoisotopic (exact) mass is 454 g/mol. The lowest BCUT2D eigenvalue weighted by molar-refractivity contribution is 0.170. The van der Waals surface area contributed by atoms with E-state index in [1.807, 2.05) is 34.9 Å². The maximum Gasteiger partial charge on any atom is 0.251 e. The Balaban J connectivity index is 1.13. The molecule has 1 saturated heterocycles. The Morgan fingerprint density at radius 3 is 2.66 bits per heavy atom. The summed E-state index contributed by atoms with van der Waals surface area (Å²) in [6, 6.07) is 11.6. The molecule has 168 valence electrons. The molecule has 8 heteroatoms. The van der Waals surface area contributed by atoms with Crippen molar-refractivity contribution in [2.24, 2.45) is 0 Å². The molecule has 1 fully saturated rings. The molecule has 0 aliphatic carbocycles. The fourth-order valence-electron chi connectivity index (χ4n) is 4.43. The fraction of sp³-hybridized carbons (Fsp3) is 0.417. The van der Waals surface area contributed by atoms with Gasteiger partial charge in [0.1, 0.15) is 13.2 Å². The van der Waals surface area contributed by atoms with Gasteiger partial charge in [-0.3, -0.25) is 9.78 Å². The predicted octanol–water partition coefficient (Wildman–Crippen LogP) is 3.08. The van der Waals surface area contributed by atoms with Crippen molar-refractivity contribution in [3.8, 4) is 11.5 Å². The molecule has 7 nitrogen and oxygen atoms in total. The first-order valence-corrected chi connectivity index (χ1v) is 11.5. The molecule has 32 heavy (non-hydrogen) atoms. The van der Waals surface area contributed by atoms with Gasteiger partial charge < -0.3 is 24.3 Å². The van der Waals surface area contributed by atoms with E-state index in [1.54, 1.807) is 12.3 Å². The second kappa shape index (κ2) is 9.48. The Hall–Kier alpha value is -2.61. The summed E-state index contributed by atoms with van der Waals surface area (Å²) in [7, 11) is 0. The topological polar surface area (TPSA) is 68.6 Å². The summed E-state index contributed by atoms with van der Waals surface area (Å²) in [5, 5.41) is 5.30. The molecule has 2 aromatic heterocycles. The van der Waals surface area contributed by atoms with Crippen molar-refractivity contribution in [1.82, 2.24) is 19.8 Å². The first kappa shape index (κ1) is 21.2. The zero-order valence-electron chi connectivity index (χ0n) is 17.9. The highest BCUT2D eigenvalue weighted by molar-refractivity contribution is 6.31. The van der Waals surface area contributed by atoms with Crippen LogP contribution < -0.4 is 20.3 Å². The van der Waals surface area contributed by atoms with E-state index in [2.05, 4.69) is 15.2 Å². The van der Waals surface area contributed by atoms with E-state index >= 15 is 0 Å². The molecule has 0 bridgehead atoms. The number of benzene rings is 1. The first-order chi connectivity index (χ1) is 15.7. The van der Waals surface area contributed by atoms with Gasteiger partial charge in [-0.25, -0.2) is 0 Å². The number of rotatable bonds is 6. The maximum absolute atomic E-state index is 12.4. The number of ether oxygens (including phenoxy) is 2. The highest BCUT2D eigenvalue weighted by atomic mass is 35.5. The molecule has 3 aromatic rings. The summed E-state index contributed by atoms with van der Waals surface area (Å²) in [6.45, 7) is 5.40. The van der Waals surface area contributed by atoms with Crippen LogP contribution in [0.25, 0.3) is 10.9 Å². The average Bonchev–Trinajstić information content (AvgIpc) is 2.82. The van der Waals surface area contributed by atoms with E-state index in [0.717, 1.165) is 60.6 Å². The van der Waals surface area contributed by atoms with Crippen LogP contribution in [-0.4, -0.2) is 53.3 Å². The molecule has 1 aromatic carbocycles. The van der Waals surface area contributed by atoms with Gasteiger partial charge in [0.25, 0.3) is 5.56 Å². The third-order valence-corrected chi connectivity index (χ3v) is 6.48. The van der Waals surface area contributed by atoms with Crippen LogP contribution in [-0.2, 0) is 13.1 Å². The number of nitrogens with zero attached hydrogens (tertiary/aromatic N) is 3. The van der Waals surface area contributed by atoms with Gasteiger partial charge in [-0.05, 0) is 49.5 Å². The lowest BCUT2D eigenvalue weighted by atomic mass is 10.0. The Morgan fingerprint density at radius 1 is 1.03 bits per heavy atom. The highest BCUT2D eigenvalue weighted by Gasteiger charge is 2.20. The number of nitrogens with one attached hydrogen (secondary N) is 1. The van der Waals surface area contributed by atoms with E-state index in [-0.39, 0.29) is 5.56 Å². The van der Waals surface area contributed by atoms with Crippen molar-refractivity contribution < 1.29 is 9.47 Å². The molecular weight excluding hydrogens is 428 g/mol. The number of aromatic nitrogens is 2. The first-order valence-electron chi connectivity index (χ1n) is 11.1. The van der Waals surface area contributed by atoms with E-state index in [4.69, 9.17) is 21.1 Å². The van der Waals surface area contributed by atoms with Crippen molar-refractivity contribution >= 4 is 22.5 Å². The number of hydrogen-bond donors (Lipinski definition) is 1. The summed E-state index contributed by atoms with van der Waals surface area (Å²) >= 11 is 6.17. The zero-order chi connectivity index (χ0) is 21.9.